The van der Waals surface area contributed by atoms with Crippen LogP contribution in [-0.4, -0.2) is 46.9 Å². The Morgan fingerprint density at radius 2 is 0.958 bits per heavy atom. The molecular formula is C36H32F2N2O8. The summed E-state index contributed by atoms with van der Waals surface area (Å²) < 4.78 is 43.4. The lowest BCUT2D eigenvalue weighted by molar-refractivity contribution is 0.0490. The molecule has 0 aromatic heterocycles. The molecule has 0 fully saturated rings. The maximum absolute atomic E-state index is 16.5. The van der Waals surface area contributed by atoms with E-state index in [0.29, 0.717) is 12.8 Å². The van der Waals surface area contributed by atoms with Gasteiger partial charge >= 0.3 is 11.9 Å². The number of hydrogen-bond donors (Lipinski definition) is 4. The van der Waals surface area contributed by atoms with Crippen LogP contribution in [0.25, 0.3) is 0 Å². The Bertz CT molecular complexity index is 1770. The molecule has 5 rings (SSSR count). The molecule has 248 valence electrons. The lowest BCUT2D eigenvalue weighted by Crippen LogP contribution is -2.26. The molecule has 4 aromatic carbocycles. The van der Waals surface area contributed by atoms with Gasteiger partial charge in [-0.2, -0.15) is 0 Å². The van der Waals surface area contributed by atoms with Gasteiger partial charge in [0.15, 0.2) is 11.6 Å². The van der Waals surface area contributed by atoms with E-state index in [1.165, 1.54) is 48.5 Å². The number of carbonyl (C=O) groups excluding carboxylic acids is 4. The molecule has 0 radical (unpaired) electrons. The van der Waals surface area contributed by atoms with E-state index in [0.717, 1.165) is 25.0 Å². The molecule has 0 saturated heterocycles. The van der Waals surface area contributed by atoms with E-state index < -0.39 is 80.3 Å². The molecule has 0 bridgehead atoms. The summed E-state index contributed by atoms with van der Waals surface area (Å²) >= 11 is 0. The van der Waals surface area contributed by atoms with Crippen molar-refractivity contribution in [1.82, 2.24) is 0 Å². The average molecular weight is 659 g/mol. The van der Waals surface area contributed by atoms with Gasteiger partial charge in [-0.1, -0.05) is 26.7 Å². The average Bonchev–Trinajstić information content (AvgIpc) is 3.08. The van der Waals surface area contributed by atoms with Crippen molar-refractivity contribution >= 4 is 46.3 Å². The highest BCUT2D eigenvalue weighted by Gasteiger charge is 2.41. The van der Waals surface area contributed by atoms with Crippen molar-refractivity contribution in [2.45, 2.75) is 39.5 Å². The summed E-state index contributed by atoms with van der Waals surface area (Å²) in [5.41, 5.74) is -3.56. The van der Waals surface area contributed by atoms with Crippen molar-refractivity contribution < 1.29 is 47.6 Å². The zero-order valence-electron chi connectivity index (χ0n) is 26.1. The summed E-state index contributed by atoms with van der Waals surface area (Å²) in [4.78, 5) is 51.8. The Kier molecular flexibility index (Phi) is 10.0. The largest absolute Gasteiger partial charge is 0.507 e. The third kappa shape index (κ3) is 6.55. The van der Waals surface area contributed by atoms with Crippen molar-refractivity contribution in [3.8, 4) is 11.5 Å². The molecular weight excluding hydrogens is 626 g/mol. The topological polar surface area (TPSA) is 151 Å². The fourth-order valence-corrected chi connectivity index (χ4v) is 5.09. The monoisotopic (exact) mass is 658 g/mol. The minimum Gasteiger partial charge on any atom is -0.507 e. The summed E-state index contributed by atoms with van der Waals surface area (Å²) in [7, 11) is 0. The number of esters is 2. The van der Waals surface area contributed by atoms with E-state index in [1.54, 1.807) is 0 Å². The van der Waals surface area contributed by atoms with Crippen molar-refractivity contribution in [2.75, 3.05) is 23.8 Å². The van der Waals surface area contributed by atoms with E-state index >= 15 is 8.78 Å². The molecule has 10 nitrogen and oxygen atoms in total. The first-order valence-electron chi connectivity index (χ1n) is 15.3. The Labute approximate surface area is 274 Å². The maximum Gasteiger partial charge on any atom is 0.338 e. The quantitative estimate of drug-likeness (QED) is 0.0601. The molecule has 4 aromatic rings. The third-order valence-corrected chi connectivity index (χ3v) is 7.69. The first kappa shape index (κ1) is 33.6. The molecule has 12 heteroatoms. The molecule has 0 spiro atoms. The number of rotatable bonds is 12. The fourth-order valence-electron chi connectivity index (χ4n) is 5.09. The smallest absolute Gasteiger partial charge is 0.338 e. The number of anilines is 4. The van der Waals surface area contributed by atoms with Crippen molar-refractivity contribution in [3.63, 3.8) is 0 Å². The van der Waals surface area contributed by atoms with E-state index in [-0.39, 0.29) is 35.7 Å². The van der Waals surface area contributed by atoms with E-state index in [9.17, 15) is 29.4 Å². The second-order valence-corrected chi connectivity index (χ2v) is 11.0. The first-order chi connectivity index (χ1) is 23.1. The number of fused-ring (bicyclic) bond motifs is 2. The van der Waals surface area contributed by atoms with Crippen LogP contribution in [-0.2, 0) is 9.47 Å². The standard InChI is InChI=1S/C36H32F2N2O8/c1-3-5-17-47-35(45)19-7-11-21(12-8-19)39-31-29(37)27-28(34(44)26-24(42)16-15-23(41)25(26)33(27)43)30(38)32(31)40-22-13-9-20(10-14-22)36(46)48-18-6-4-2/h7-16,39-42H,3-6,17-18H2,1-2H3. The Hall–Kier alpha value is -5.78. The molecule has 0 amide bonds. The van der Waals surface area contributed by atoms with Gasteiger partial charge in [-0.25, -0.2) is 18.4 Å². The third-order valence-electron chi connectivity index (χ3n) is 7.69. The highest BCUT2D eigenvalue weighted by atomic mass is 19.1. The predicted octanol–water partition coefficient (Wildman–Crippen LogP) is 7.55. The maximum atomic E-state index is 16.5. The van der Waals surface area contributed by atoms with Crippen LogP contribution >= 0.6 is 0 Å². The van der Waals surface area contributed by atoms with Gasteiger partial charge in [0.1, 0.15) is 22.9 Å². The number of phenolic OH excluding ortho intramolecular Hbond substituents is 2. The SMILES string of the molecule is CCCCOC(=O)c1ccc(Nc2c(F)c3c(c(F)c2Nc2ccc(C(=O)OCCCC)cc2)C(=O)c2c(O)ccc(O)c2C3=O)cc1. The van der Waals surface area contributed by atoms with Gasteiger partial charge in [0.2, 0.25) is 11.6 Å². The molecule has 1 aliphatic carbocycles. The summed E-state index contributed by atoms with van der Waals surface area (Å²) in [5, 5.41) is 26.2. The molecule has 0 saturated carbocycles. The van der Waals surface area contributed by atoms with Crippen molar-refractivity contribution in [3.05, 3.63) is 106 Å². The molecule has 1 aliphatic rings. The molecule has 0 heterocycles. The predicted molar refractivity (Wildman–Crippen MR) is 173 cm³/mol. The highest BCUT2D eigenvalue weighted by Crippen LogP contribution is 2.45. The fraction of sp³-hybridized carbons (Fsp3) is 0.222. The van der Waals surface area contributed by atoms with Gasteiger partial charge in [-0.05, 0) is 73.5 Å². The Morgan fingerprint density at radius 3 is 1.29 bits per heavy atom. The number of benzene rings is 4. The molecule has 0 atom stereocenters. The van der Waals surface area contributed by atoms with Crippen molar-refractivity contribution in [1.29, 1.82) is 0 Å². The van der Waals surface area contributed by atoms with Gasteiger partial charge in [0.05, 0.1) is 46.6 Å². The zero-order chi connectivity index (χ0) is 34.5. The number of phenols is 2. The molecule has 4 N–H and O–H groups in total. The van der Waals surface area contributed by atoms with Crippen LogP contribution in [0.15, 0.2) is 60.7 Å². The van der Waals surface area contributed by atoms with Crippen LogP contribution in [0.1, 0.15) is 92.1 Å². The van der Waals surface area contributed by atoms with Gasteiger partial charge in [0, 0.05) is 11.4 Å². The van der Waals surface area contributed by atoms with Crippen LogP contribution in [0.3, 0.4) is 0 Å². The number of aromatic hydroxyl groups is 2. The van der Waals surface area contributed by atoms with Gasteiger partial charge in [-0.15, -0.1) is 0 Å². The van der Waals surface area contributed by atoms with E-state index in [4.69, 9.17) is 9.47 Å². The number of ether oxygens (including phenoxy) is 2. The van der Waals surface area contributed by atoms with Gasteiger partial charge in [0.25, 0.3) is 0 Å². The number of unbranched alkanes of at least 4 members (excludes halogenated alkanes) is 2. The minimum absolute atomic E-state index is 0.182. The van der Waals surface area contributed by atoms with Crippen LogP contribution < -0.4 is 10.6 Å². The van der Waals surface area contributed by atoms with Crippen LogP contribution in [0.2, 0.25) is 0 Å². The van der Waals surface area contributed by atoms with Crippen LogP contribution in [0.4, 0.5) is 31.5 Å². The molecule has 48 heavy (non-hydrogen) atoms. The number of nitrogens with one attached hydrogen (secondary N) is 2. The van der Waals surface area contributed by atoms with Crippen LogP contribution in [0.5, 0.6) is 11.5 Å². The number of halogens is 2. The van der Waals surface area contributed by atoms with Gasteiger partial charge in [-0.3, -0.25) is 9.59 Å². The summed E-state index contributed by atoms with van der Waals surface area (Å²) in [6.45, 7) is 4.40. The van der Waals surface area contributed by atoms with Crippen LogP contribution in [0, 0.1) is 11.6 Å². The van der Waals surface area contributed by atoms with E-state index in [1.807, 2.05) is 13.8 Å². The lowest BCUT2D eigenvalue weighted by atomic mass is 9.81. The van der Waals surface area contributed by atoms with Gasteiger partial charge < -0.3 is 30.3 Å². The molecule has 0 aliphatic heterocycles. The van der Waals surface area contributed by atoms with E-state index in [2.05, 4.69) is 10.6 Å². The zero-order valence-corrected chi connectivity index (χ0v) is 26.1. The minimum atomic E-state index is -1.32. The summed E-state index contributed by atoms with van der Waals surface area (Å²) in [6.07, 6.45) is 3.07. The summed E-state index contributed by atoms with van der Waals surface area (Å²) in [6, 6.07) is 13.3. The van der Waals surface area contributed by atoms with Crippen molar-refractivity contribution in [2.24, 2.45) is 0 Å². The highest BCUT2D eigenvalue weighted by molar-refractivity contribution is 6.31. The lowest BCUT2D eigenvalue weighted by Gasteiger charge is -2.24. The Balaban J connectivity index is 1.57. The second-order valence-electron chi connectivity index (χ2n) is 11.0. The second kappa shape index (κ2) is 14.3. The number of carbonyl (C=O) groups is 4. The Morgan fingerprint density at radius 1 is 0.604 bits per heavy atom. The normalized spacial score (nSPS) is 11.8. The number of ketones is 2. The first-order valence-corrected chi connectivity index (χ1v) is 15.3. The number of hydrogen-bond acceptors (Lipinski definition) is 10. The molecule has 0 unspecified atom stereocenters. The summed E-state index contributed by atoms with van der Waals surface area (Å²) in [5.74, 6) is -7.58.